The summed E-state index contributed by atoms with van der Waals surface area (Å²) in [6.45, 7) is 9.29. The van der Waals surface area contributed by atoms with E-state index in [2.05, 4.69) is 27.7 Å². The Morgan fingerprint density at radius 3 is 1.65 bits per heavy atom. The second kappa shape index (κ2) is 7.83. The smallest absolute Gasteiger partial charge is 0.00877 e. The van der Waals surface area contributed by atoms with Crippen LogP contribution in [0.4, 0.5) is 0 Å². The molecule has 1 heterocycles. The summed E-state index contributed by atoms with van der Waals surface area (Å²) in [4.78, 5) is 0. The largest absolute Gasteiger partial charge is 0.117 e. The second-order valence-corrected chi connectivity index (χ2v) is 8.25. The van der Waals surface area contributed by atoms with Gasteiger partial charge in [0, 0.05) is 0 Å². The lowest BCUT2D eigenvalue weighted by atomic mass is 10.0. The lowest BCUT2D eigenvalue weighted by Crippen LogP contribution is -1.91. The zero-order valence-corrected chi connectivity index (χ0v) is 14.2. The average Bonchev–Trinajstić information content (AvgIpc) is 2.67. The molecule has 0 spiro atoms. The van der Waals surface area contributed by atoms with Gasteiger partial charge in [-0.05, 0) is 67.7 Å². The molecule has 0 nitrogen and oxygen atoms in total. The van der Waals surface area contributed by atoms with E-state index in [-0.39, 0.29) is 7.53 Å². The van der Waals surface area contributed by atoms with E-state index < -0.39 is 0 Å². The predicted octanol–water partition coefficient (Wildman–Crippen LogP) is 5.76. The van der Waals surface area contributed by atoms with Crippen LogP contribution in [0.15, 0.2) is 0 Å². The molecular weight excluding hydrogens is 266 g/mol. The van der Waals surface area contributed by atoms with Gasteiger partial charge in [0.15, 0.2) is 0 Å². The van der Waals surface area contributed by atoms with Crippen molar-refractivity contribution in [2.24, 2.45) is 0 Å². The van der Waals surface area contributed by atoms with Crippen molar-refractivity contribution in [3.63, 3.8) is 0 Å². The molecule has 0 amide bonds. The fourth-order valence-electron chi connectivity index (χ4n) is 2.90. The van der Waals surface area contributed by atoms with E-state index in [9.17, 15) is 0 Å². The Bertz CT molecular complexity index is 326. The molecule has 3 heteroatoms. The first-order chi connectivity index (χ1) is 8.24. The van der Waals surface area contributed by atoms with E-state index >= 15 is 0 Å². The number of rotatable bonds is 7. The van der Waals surface area contributed by atoms with E-state index in [1.165, 1.54) is 38.0 Å². The van der Waals surface area contributed by atoms with E-state index in [4.69, 9.17) is 11.2 Å². The van der Waals surface area contributed by atoms with Gasteiger partial charge in [-0.3, -0.25) is 0 Å². The van der Waals surface area contributed by atoms with Crippen LogP contribution in [0.3, 0.4) is 0 Å². The van der Waals surface area contributed by atoms with Crippen LogP contribution in [-0.2, 0) is 31.8 Å². The van der Waals surface area contributed by atoms with Crippen molar-refractivity contribution in [3.05, 3.63) is 21.7 Å². The molecule has 1 unspecified atom stereocenters. The molecule has 0 aliphatic rings. The second-order valence-electron chi connectivity index (χ2n) is 4.30. The van der Waals surface area contributed by atoms with Crippen molar-refractivity contribution in [1.82, 2.24) is 0 Å². The van der Waals surface area contributed by atoms with Gasteiger partial charge in [0.2, 0.25) is 0 Å². The van der Waals surface area contributed by atoms with Crippen LogP contribution in [-0.4, -0.2) is 6.16 Å². The Morgan fingerprint density at radius 1 is 0.882 bits per heavy atom. The van der Waals surface area contributed by atoms with Crippen molar-refractivity contribution in [1.29, 1.82) is 0 Å². The van der Waals surface area contributed by atoms with Crippen molar-refractivity contribution in [2.75, 3.05) is 6.16 Å². The topological polar surface area (TPSA) is 0 Å². The van der Waals surface area contributed by atoms with E-state index in [1.807, 2.05) is 0 Å². The van der Waals surface area contributed by atoms with Gasteiger partial charge >= 0.3 is 0 Å². The minimum absolute atomic E-state index is 0.0134. The summed E-state index contributed by atoms with van der Waals surface area (Å²) < 4.78 is 0. The van der Waals surface area contributed by atoms with Crippen LogP contribution < -0.4 is 0 Å². The molecule has 1 rings (SSSR count). The summed E-state index contributed by atoms with van der Waals surface area (Å²) in [5.74, 6) is 0. The first-order valence-electron chi connectivity index (χ1n) is 6.80. The Morgan fingerprint density at radius 2 is 1.35 bits per heavy atom. The molecule has 0 aromatic carbocycles. The Hall–Kier alpha value is 0.500. The van der Waals surface area contributed by atoms with Gasteiger partial charge in [0.05, 0.1) is 0 Å². The highest BCUT2D eigenvalue weighted by molar-refractivity contribution is 7.69. The summed E-state index contributed by atoms with van der Waals surface area (Å²) >= 11 is 5.91. The van der Waals surface area contributed by atoms with Gasteiger partial charge in [-0.25, -0.2) is 0 Å². The molecule has 0 bridgehead atoms. The van der Waals surface area contributed by atoms with Crippen molar-refractivity contribution in [3.8, 4) is 0 Å². The maximum Gasteiger partial charge on any atom is -0.00877 e. The molecule has 0 saturated carbocycles. The predicted molar refractivity (Wildman–Crippen MR) is 85.7 cm³/mol. The van der Waals surface area contributed by atoms with Gasteiger partial charge in [-0.15, -0.1) is 18.8 Å². The van der Waals surface area contributed by atoms with Crippen molar-refractivity contribution in [2.45, 2.75) is 59.5 Å². The van der Waals surface area contributed by atoms with Gasteiger partial charge in [0.1, 0.15) is 0 Å². The standard InChI is InChI=1S/C14H25ClP2/c1-5-11-12(6-2)14(8-4)17(10-9-16-15)13(11)7-3/h16H,5-10H2,1-4H3. The minimum Gasteiger partial charge on any atom is -0.117 e. The molecule has 0 aliphatic carbocycles. The third kappa shape index (κ3) is 3.28. The van der Waals surface area contributed by atoms with Gasteiger partial charge in [-0.1, -0.05) is 27.7 Å². The molecule has 98 valence electrons. The molecule has 1 atom stereocenters. The molecule has 1 aromatic rings. The summed E-state index contributed by atoms with van der Waals surface area (Å²) in [6, 6.07) is 0. The monoisotopic (exact) mass is 290 g/mol. The maximum atomic E-state index is 5.91. The fraction of sp³-hybridized carbons (Fsp3) is 0.714. The fourth-order valence-corrected chi connectivity index (χ4v) is 7.76. The maximum absolute atomic E-state index is 5.91. The van der Waals surface area contributed by atoms with Crippen LogP contribution in [0, 0.1) is 0 Å². The lowest BCUT2D eigenvalue weighted by Gasteiger charge is -2.07. The molecular formula is C14H25ClP2. The van der Waals surface area contributed by atoms with Crippen LogP contribution >= 0.6 is 26.7 Å². The van der Waals surface area contributed by atoms with Crippen molar-refractivity contribution < 1.29 is 0 Å². The molecule has 0 fully saturated rings. The molecule has 1 aromatic heterocycles. The van der Waals surface area contributed by atoms with Gasteiger partial charge in [0.25, 0.3) is 0 Å². The van der Waals surface area contributed by atoms with Crippen LogP contribution in [0.5, 0.6) is 0 Å². The van der Waals surface area contributed by atoms with E-state index in [0.29, 0.717) is 7.93 Å². The normalized spacial score (nSPS) is 11.8. The summed E-state index contributed by atoms with van der Waals surface area (Å²) in [7, 11) is 0.609. The van der Waals surface area contributed by atoms with Crippen LogP contribution in [0.2, 0.25) is 0 Å². The average molecular weight is 291 g/mol. The third-order valence-electron chi connectivity index (χ3n) is 3.52. The van der Waals surface area contributed by atoms with Crippen LogP contribution in [0.1, 0.15) is 49.4 Å². The first-order valence-corrected chi connectivity index (χ1v) is 10.5. The van der Waals surface area contributed by atoms with Crippen molar-refractivity contribution >= 4 is 26.7 Å². The molecule has 0 N–H and O–H groups in total. The zero-order chi connectivity index (χ0) is 12.8. The highest BCUT2D eigenvalue weighted by atomic mass is 35.7. The number of hydrogen-bond donors (Lipinski definition) is 0. The molecule has 0 aliphatic heterocycles. The Balaban J connectivity index is 3.27. The number of hydrogen-bond acceptors (Lipinski definition) is 0. The molecule has 0 radical (unpaired) electrons. The van der Waals surface area contributed by atoms with E-state index in [0.717, 1.165) is 0 Å². The molecule has 0 saturated heterocycles. The SMILES string of the molecule is CCc1c(CC)c(CC)p(CCPCl)c1CC. The minimum atomic E-state index is 0.0134. The number of halogens is 1. The summed E-state index contributed by atoms with van der Waals surface area (Å²) in [5, 5.41) is 3.57. The zero-order valence-electron chi connectivity index (χ0n) is 11.6. The third-order valence-corrected chi connectivity index (χ3v) is 8.09. The highest BCUT2D eigenvalue weighted by Crippen LogP contribution is 2.48. The van der Waals surface area contributed by atoms with Gasteiger partial charge < -0.3 is 0 Å². The molecule has 17 heavy (non-hydrogen) atoms. The Labute approximate surface area is 114 Å². The summed E-state index contributed by atoms with van der Waals surface area (Å²) in [5.41, 5.74) is 3.41. The van der Waals surface area contributed by atoms with Gasteiger partial charge in [-0.2, -0.15) is 0 Å². The quantitative estimate of drug-likeness (QED) is 0.560. The lowest BCUT2D eigenvalue weighted by molar-refractivity contribution is 0.992. The van der Waals surface area contributed by atoms with E-state index in [1.54, 1.807) is 21.7 Å². The summed E-state index contributed by atoms with van der Waals surface area (Å²) in [6.07, 6.45) is 7.46. The highest BCUT2D eigenvalue weighted by Gasteiger charge is 2.18. The first kappa shape index (κ1) is 15.6. The Kier molecular flexibility index (Phi) is 7.17. The van der Waals surface area contributed by atoms with Crippen LogP contribution in [0.25, 0.3) is 0 Å².